The Kier molecular flexibility index (Phi) is 6.32. The number of nitrogens with zero attached hydrogens (tertiary/aromatic N) is 2. The normalized spacial score (nSPS) is 30.5. The summed E-state index contributed by atoms with van der Waals surface area (Å²) in [6, 6.07) is 12.0. The van der Waals surface area contributed by atoms with Crippen molar-refractivity contribution in [1.82, 2.24) is 14.6 Å². The molecule has 2 N–H and O–H groups in total. The summed E-state index contributed by atoms with van der Waals surface area (Å²) >= 11 is 0. The van der Waals surface area contributed by atoms with Gasteiger partial charge in [-0.3, -0.25) is 9.78 Å². The number of nitrogens with one attached hydrogen (secondary N) is 1. The number of hydrogen-bond donors (Lipinski definition) is 2. The van der Waals surface area contributed by atoms with E-state index in [-0.39, 0.29) is 41.4 Å². The van der Waals surface area contributed by atoms with Crippen molar-refractivity contribution in [1.29, 1.82) is 0 Å². The second-order valence-electron chi connectivity index (χ2n) is 12.8. The molecule has 3 atom stereocenters. The maximum atomic E-state index is 14.0. The third kappa shape index (κ3) is 4.18. The number of rotatable bonds is 7. The van der Waals surface area contributed by atoms with Crippen molar-refractivity contribution in [3.05, 3.63) is 71.6 Å². The lowest BCUT2D eigenvalue weighted by atomic mass is 9.64. The van der Waals surface area contributed by atoms with Crippen LogP contribution < -0.4 is 5.32 Å². The molecule has 2 aromatic rings. The standard InChI is InChI=1S/C31H39N3O4S/c1-28(2)25-8-12-30(28,31(36,20-25)21-33-27(35)19-23-9-15-32-16-10-23)22-39(37,38)34-17-13-29(14-18-34)11-7-24-5-3-4-6-26(24)29/h3-7,9-11,15-16,25,36H,8,12-14,17-22H2,1-2H3,(H,33,35)/t25-,30+,31+/m1/s1. The summed E-state index contributed by atoms with van der Waals surface area (Å²) in [6.45, 7) is 5.24. The van der Waals surface area contributed by atoms with Crippen molar-refractivity contribution in [3.8, 4) is 0 Å². The Bertz CT molecular complexity index is 1400. The number of aliphatic hydroxyl groups is 1. The second kappa shape index (κ2) is 9.25. The third-order valence-corrected chi connectivity index (χ3v) is 12.9. The minimum absolute atomic E-state index is 0.0665. The minimum Gasteiger partial charge on any atom is -0.387 e. The number of fused-ring (bicyclic) bond motifs is 4. The van der Waals surface area contributed by atoms with Gasteiger partial charge in [-0.1, -0.05) is 50.3 Å². The van der Waals surface area contributed by atoms with E-state index in [9.17, 15) is 18.3 Å². The summed E-state index contributed by atoms with van der Waals surface area (Å²) < 4.78 is 29.7. The highest BCUT2D eigenvalue weighted by Crippen LogP contribution is 2.70. The van der Waals surface area contributed by atoms with Crippen molar-refractivity contribution >= 4 is 22.0 Å². The van der Waals surface area contributed by atoms with E-state index in [0.29, 0.717) is 25.9 Å². The summed E-state index contributed by atoms with van der Waals surface area (Å²) in [5.74, 6) is -0.0429. The fourth-order valence-electron chi connectivity index (χ4n) is 8.35. The molecule has 4 aliphatic rings. The summed E-state index contributed by atoms with van der Waals surface area (Å²) in [6.07, 6.45) is 11.5. The molecule has 1 aliphatic heterocycles. The average molecular weight is 550 g/mol. The smallest absolute Gasteiger partial charge is 0.224 e. The van der Waals surface area contributed by atoms with E-state index in [1.807, 2.05) is 6.07 Å². The number of benzene rings is 1. The molecule has 208 valence electrons. The molecule has 2 heterocycles. The molecule has 0 unspecified atom stereocenters. The van der Waals surface area contributed by atoms with Gasteiger partial charge in [0, 0.05) is 42.9 Å². The van der Waals surface area contributed by atoms with Crippen molar-refractivity contribution in [3.63, 3.8) is 0 Å². The molecule has 6 rings (SSSR count). The lowest BCUT2D eigenvalue weighted by Gasteiger charge is -2.49. The van der Waals surface area contributed by atoms with Gasteiger partial charge in [0.1, 0.15) is 0 Å². The van der Waals surface area contributed by atoms with Crippen LogP contribution in [0, 0.1) is 16.7 Å². The Balaban J connectivity index is 1.18. The number of sulfonamides is 1. The van der Waals surface area contributed by atoms with Crippen molar-refractivity contribution in [2.45, 2.75) is 63.4 Å². The predicted molar refractivity (Wildman–Crippen MR) is 151 cm³/mol. The molecule has 2 saturated carbocycles. The molecule has 1 spiro atoms. The van der Waals surface area contributed by atoms with Crippen molar-refractivity contribution in [2.75, 3.05) is 25.4 Å². The van der Waals surface area contributed by atoms with Crippen LogP contribution in [0.4, 0.5) is 0 Å². The van der Waals surface area contributed by atoms with Crippen LogP contribution in [0.25, 0.3) is 6.08 Å². The van der Waals surface area contributed by atoms with E-state index in [0.717, 1.165) is 24.8 Å². The first kappa shape index (κ1) is 26.7. The Morgan fingerprint density at radius 2 is 1.82 bits per heavy atom. The Labute approximate surface area is 231 Å². The van der Waals surface area contributed by atoms with Gasteiger partial charge in [0.05, 0.1) is 17.8 Å². The van der Waals surface area contributed by atoms with E-state index < -0.39 is 21.0 Å². The number of hydrogen-bond acceptors (Lipinski definition) is 5. The Hall–Kier alpha value is -2.55. The van der Waals surface area contributed by atoms with Gasteiger partial charge in [0.15, 0.2) is 0 Å². The van der Waals surface area contributed by atoms with Gasteiger partial charge in [0.25, 0.3) is 0 Å². The molecule has 1 aromatic carbocycles. The number of pyridine rings is 1. The van der Waals surface area contributed by atoms with Gasteiger partial charge in [-0.2, -0.15) is 0 Å². The molecule has 1 saturated heterocycles. The lowest BCUT2D eigenvalue weighted by molar-refractivity contribution is -0.125. The van der Waals surface area contributed by atoms with E-state index in [2.05, 4.69) is 54.5 Å². The highest BCUT2D eigenvalue weighted by atomic mass is 32.2. The van der Waals surface area contributed by atoms with E-state index in [1.54, 1.807) is 28.8 Å². The largest absolute Gasteiger partial charge is 0.387 e. The summed E-state index contributed by atoms with van der Waals surface area (Å²) in [4.78, 5) is 16.7. The lowest BCUT2D eigenvalue weighted by Crippen LogP contribution is -2.60. The molecular formula is C31H39N3O4S. The van der Waals surface area contributed by atoms with Crippen LogP contribution in [0.2, 0.25) is 0 Å². The quantitative estimate of drug-likeness (QED) is 0.549. The SMILES string of the molecule is CC1(C)[C@@H]2CC[C@@]1(CS(=O)(=O)N1CCC3(C=Cc4ccccc43)CC1)[C@@](O)(CNC(=O)Cc1ccncc1)C2. The van der Waals surface area contributed by atoms with Crippen LogP contribution in [0.1, 0.15) is 62.6 Å². The summed E-state index contributed by atoms with van der Waals surface area (Å²) in [5, 5.41) is 15.0. The zero-order valence-electron chi connectivity index (χ0n) is 22.9. The number of carbonyl (C=O) groups excluding carboxylic acids is 1. The monoisotopic (exact) mass is 549 g/mol. The first-order chi connectivity index (χ1) is 18.5. The first-order valence-electron chi connectivity index (χ1n) is 14.2. The van der Waals surface area contributed by atoms with E-state index in [4.69, 9.17) is 0 Å². The van der Waals surface area contributed by atoms with Crippen LogP contribution in [-0.4, -0.2) is 59.7 Å². The summed E-state index contributed by atoms with van der Waals surface area (Å²) in [5.41, 5.74) is 0.845. The van der Waals surface area contributed by atoms with Crippen LogP contribution in [0.15, 0.2) is 54.9 Å². The molecule has 1 aromatic heterocycles. The molecule has 1 amide bonds. The minimum atomic E-state index is -3.63. The fraction of sp³-hybridized carbons (Fsp3) is 0.548. The zero-order valence-corrected chi connectivity index (χ0v) is 23.7. The zero-order chi connectivity index (χ0) is 27.5. The molecule has 3 fully saturated rings. The van der Waals surface area contributed by atoms with Crippen LogP contribution >= 0.6 is 0 Å². The van der Waals surface area contributed by atoms with Gasteiger partial charge in [-0.05, 0) is 72.3 Å². The molecule has 39 heavy (non-hydrogen) atoms. The maximum Gasteiger partial charge on any atom is 0.224 e. The van der Waals surface area contributed by atoms with Gasteiger partial charge >= 0.3 is 0 Å². The Morgan fingerprint density at radius 3 is 2.54 bits per heavy atom. The summed E-state index contributed by atoms with van der Waals surface area (Å²) in [7, 11) is -3.63. The first-order valence-corrected chi connectivity index (χ1v) is 15.8. The van der Waals surface area contributed by atoms with Crippen LogP contribution in [0.3, 0.4) is 0 Å². The number of allylic oxidation sites excluding steroid dienone is 1. The van der Waals surface area contributed by atoms with Crippen LogP contribution in [0.5, 0.6) is 0 Å². The molecule has 2 bridgehead atoms. The molecule has 3 aliphatic carbocycles. The molecular weight excluding hydrogens is 510 g/mol. The van der Waals surface area contributed by atoms with Crippen molar-refractivity contribution in [2.24, 2.45) is 16.7 Å². The topological polar surface area (TPSA) is 99.6 Å². The molecule has 8 heteroatoms. The van der Waals surface area contributed by atoms with Crippen molar-refractivity contribution < 1.29 is 18.3 Å². The number of amides is 1. The third-order valence-electron chi connectivity index (χ3n) is 10.9. The van der Waals surface area contributed by atoms with Gasteiger partial charge in [0.2, 0.25) is 15.9 Å². The second-order valence-corrected chi connectivity index (χ2v) is 14.8. The maximum absolute atomic E-state index is 14.0. The number of piperidine rings is 1. The fourth-order valence-corrected chi connectivity index (χ4v) is 10.7. The number of carbonyl (C=O) groups is 1. The van der Waals surface area contributed by atoms with Gasteiger partial charge in [-0.15, -0.1) is 0 Å². The average Bonchev–Trinajstić information content (AvgIpc) is 3.44. The predicted octanol–water partition coefficient (Wildman–Crippen LogP) is 3.69. The van der Waals surface area contributed by atoms with E-state index >= 15 is 0 Å². The highest BCUT2D eigenvalue weighted by molar-refractivity contribution is 7.89. The molecule has 7 nitrogen and oxygen atoms in total. The highest BCUT2D eigenvalue weighted by Gasteiger charge is 2.72. The Morgan fingerprint density at radius 1 is 1.10 bits per heavy atom. The number of aromatic nitrogens is 1. The van der Waals surface area contributed by atoms with Gasteiger partial charge < -0.3 is 10.4 Å². The van der Waals surface area contributed by atoms with Gasteiger partial charge in [-0.25, -0.2) is 12.7 Å². The molecule has 0 radical (unpaired) electrons. The van der Waals surface area contributed by atoms with Crippen LogP contribution in [-0.2, 0) is 26.7 Å². The van der Waals surface area contributed by atoms with E-state index in [1.165, 1.54) is 11.1 Å².